The number of fused-ring (bicyclic) bond motifs is 1. The maximum absolute atomic E-state index is 12.0. The topological polar surface area (TPSA) is 75.7 Å². The van der Waals surface area contributed by atoms with Gasteiger partial charge in [-0.25, -0.2) is 4.79 Å². The minimum absolute atomic E-state index is 0.258. The van der Waals surface area contributed by atoms with Crippen molar-refractivity contribution in [3.05, 3.63) is 17.7 Å². The summed E-state index contributed by atoms with van der Waals surface area (Å²) in [5.41, 5.74) is 0.323. The fourth-order valence-electron chi connectivity index (χ4n) is 3.12. The maximum Gasteiger partial charge on any atom is 0.341 e. The van der Waals surface area contributed by atoms with Crippen molar-refractivity contribution >= 4 is 5.97 Å². The summed E-state index contributed by atoms with van der Waals surface area (Å²) in [5.74, 6) is 0.872. The van der Waals surface area contributed by atoms with Gasteiger partial charge in [-0.15, -0.1) is 0 Å². The van der Waals surface area contributed by atoms with Crippen LogP contribution in [0.5, 0.6) is 17.2 Å². The number of carbonyl (C=O) groups is 1. The lowest BCUT2D eigenvalue weighted by Gasteiger charge is -2.29. The number of benzene rings is 1. The molecule has 1 aromatic rings. The van der Waals surface area contributed by atoms with Crippen molar-refractivity contribution < 1.29 is 33.2 Å². The summed E-state index contributed by atoms with van der Waals surface area (Å²) in [4.78, 5) is 14.4. The van der Waals surface area contributed by atoms with Crippen molar-refractivity contribution in [2.75, 3.05) is 66.9 Å². The number of rotatable bonds is 8. The van der Waals surface area contributed by atoms with Gasteiger partial charge < -0.3 is 28.4 Å². The van der Waals surface area contributed by atoms with Gasteiger partial charge in [0.15, 0.2) is 17.6 Å². The van der Waals surface area contributed by atoms with Gasteiger partial charge in [-0.05, 0) is 18.6 Å². The Morgan fingerprint density at radius 1 is 1.22 bits per heavy atom. The van der Waals surface area contributed by atoms with E-state index in [-0.39, 0.29) is 6.10 Å². The second-order valence-electron chi connectivity index (χ2n) is 6.42. The molecule has 0 bridgehead atoms. The molecule has 0 aliphatic carbocycles. The highest BCUT2D eigenvalue weighted by molar-refractivity contribution is 5.94. The molecule has 2 heterocycles. The van der Waals surface area contributed by atoms with Gasteiger partial charge in [0.25, 0.3) is 0 Å². The standard InChI is InChI=1S/C19H27NO7/c1-22-12-14-13-26-17-15(19(21)23-2)4-5-16(18(17)27-14)25-9-3-6-20-7-10-24-11-8-20/h4-5,14H,3,6-13H2,1-2H3. The molecular formula is C19H27NO7. The molecule has 0 amide bonds. The van der Waals surface area contributed by atoms with Crippen LogP contribution in [0.4, 0.5) is 0 Å². The number of carbonyl (C=O) groups excluding carboxylic acids is 1. The highest BCUT2D eigenvalue weighted by atomic mass is 16.6. The van der Waals surface area contributed by atoms with E-state index in [4.69, 9.17) is 28.4 Å². The van der Waals surface area contributed by atoms with Crippen LogP contribution in [-0.4, -0.2) is 83.9 Å². The molecule has 3 rings (SSSR count). The summed E-state index contributed by atoms with van der Waals surface area (Å²) in [6, 6.07) is 3.36. The number of nitrogens with zero attached hydrogens (tertiary/aromatic N) is 1. The highest BCUT2D eigenvalue weighted by Gasteiger charge is 2.29. The molecule has 1 saturated heterocycles. The fraction of sp³-hybridized carbons (Fsp3) is 0.632. The lowest BCUT2D eigenvalue weighted by atomic mass is 10.1. The normalized spacial score (nSPS) is 19.6. The average Bonchev–Trinajstić information content (AvgIpc) is 2.71. The van der Waals surface area contributed by atoms with E-state index in [0.29, 0.717) is 42.6 Å². The van der Waals surface area contributed by atoms with Crippen LogP contribution in [-0.2, 0) is 14.2 Å². The number of hydrogen-bond acceptors (Lipinski definition) is 8. The Kier molecular flexibility index (Phi) is 7.14. The van der Waals surface area contributed by atoms with E-state index in [1.807, 2.05) is 0 Å². The SMILES string of the molecule is COCC1COc2c(C(=O)OC)ccc(OCCCN3CCOCC3)c2O1. The van der Waals surface area contributed by atoms with Crippen LogP contribution in [0.1, 0.15) is 16.8 Å². The first kappa shape index (κ1) is 19.7. The molecule has 2 aliphatic heterocycles. The average molecular weight is 381 g/mol. The fourth-order valence-corrected chi connectivity index (χ4v) is 3.12. The van der Waals surface area contributed by atoms with E-state index in [1.165, 1.54) is 7.11 Å². The molecule has 8 nitrogen and oxygen atoms in total. The summed E-state index contributed by atoms with van der Waals surface area (Å²) >= 11 is 0. The molecule has 2 aliphatic rings. The Morgan fingerprint density at radius 2 is 2.04 bits per heavy atom. The quantitative estimate of drug-likeness (QED) is 0.494. The van der Waals surface area contributed by atoms with E-state index in [9.17, 15) is 4.79 Å². The van der Waals surface area contributed by atoms with Crippen molar-refractivity contribution in [1.29, 1.82) is 0 Å². The zero-order valence-electron chi connectivity index (χ0n) is 15.9. The number of morpholine rings is 1. The third-order valence-corrected chi connectivity index (χ3v) is 4.51. The number of ether oxygens (including phenoxy) is 6. The number of esters is 1. The first-order valence-corrected chi connectivity index (χ1v) is 9.19. The summed E-state index contributed by atoms with van der Waals surface area (Å²) in [6.07, 6.45) is 0.627. The molecule has 1 atom stereocenters. The first-order chi connectivity index (χ1) is 13.2. The zero-order valence-corrected chi connectivity index (χ0v) is 15.9. The molecule has 1 unspecified atom stereocenters. The van der Waals surface area contributed by atoms with Crippen LogP contribution < -0.4 is 14.2 Å². The molecule has 0 aromatic heterocycles. The van der Waals surface area contributed by atoms with Gasteiger partial charge >= 0.3 is 5.97 Å². The van der Waals surface area contributed by atoms with E-state index in [1.54, 1.807) is 19.2 Å². The van der Waals surface area contributed by atoms with Crippen molar-refractivity contribution in [2.45, 2.75) is 12.5 Å². The highest BCUT2D eigenvalue weighted by Crippen LogP contribution is 2.43. The lowest BCUT2D eigenvalue weighted by molar-refractivity contribution is 0.0224. The van der Waals surface area contributed by atoms with Gasteiger partial charge in [-0.1, -0.05) is 0 Å². The second-order valence-corrected chi connectivity index (χ2v) is 6.42. The van der Waals surface area contributed by atoms with Crippen molar-refractivity contribution in [3.8, 4) is 17.2 Å². The van der Waals surface area contributed by atoms with Gasteiger partial charge in [0.05, 0.1) is 33.5 Å². The Labute approximate surface area is 159 Å². The van der Waals surface area contributed by atoms with Crippen molar-refractivity contribution in [3.63, 3.8) is 0 Å². The Hall–Kier alpha value is -2.03. The summed E-state index contributed by atoms with van der Waals surface area (Å²) in [6.45, 7) is 5.67. The van der Waals surface area contributed by atoms with E-state index in [0.717, 1.165) is 39.3 Å². The molecule has 0 saturated carbocycles. The molecule has 0 radical (unpaired) electrons. The predicted octanol–water partition coefficient (Wildman–Crippen LogP) is 1.36. The molecule has 0 spiro atoms. The van der Waals surface area contributed by atoms with Crippen LogP contribution in [0.15, 0.2) is 12.1 Å². The zero-order chi connectivity index (χ0) is 19.1. The van der Waals surface area contributed by atoms with Gasteiger partial charge in [-0.2, -0.15) is 0 Å². The maximum atomic E-state index is 12.0. The summed E-state index contributed by atoms with van der Waals surface area (Å²) in [5, 5.41) is 0. The smallest absolute Gasteiger partial charge is 0.341 e. The molecule has 27 heavy (non-hydrogen) atoms. The van der Waals surface area contributed by atoms with Gasteiger partial charge in [0.2, 0.25) is 5.75 Å². The summed E-state index contributed by atoms with van der Waals surface area (Å²) in [7, 11) is 2.94. The molecular weight excluding hydrogens is 354 g/mol. The third kappa shape index (κ3) is 5.03. The molecule has 150 valence electrons. The minimum atomic E-state index is -0.473. The molecule has 1 fully saturated rings. The summed E-state index contributed by atoms with van der Waals surface area (Å²) < 4.78 is 33.0. The van der Waals surface area contributed by atoms with Crippen molar-refractivity contribution in [1.82, 2.24) is 4.90 Å². The monoisotopic (exact) mass is 381 g/mol. The second kappa shape index (κ2) is 9.77. The lowest BCUT2D eigenvalue weighted by Crippen LogP contribution is -2.37. The molecule has 1 aromatic carbocycles. The Balaban J connectivity index is 1.66. The van der Waals surface area contributed by atoms with E-state index >= 15 is 0 Å². The molecule has 8 heteroatoms. The van der Waals surface area contributed by atoms with E-state index in [2.05, 4.69) is 4.90 Å². The van der Waals surface area contributed by atoms with Gasteiger partial charge in [0, 0.05) is 26.7 Å². The number of methoxy groups -OCH3 is 2. The first-order valence-electron chi connectivity index (χ1n) is 9.19. The van der Waals surface area contributed by atoms with Gasteiger partial charge in [-0.3, -0.25) is 4.90 Å². The van der Waals surface area contributed by atoms with Gasteiger partial charge in [0.1, 0.15) is 12.2 Å². The Morgan fingerprint density at radius 3 is 2.78 bits per heavy atom. The predicted molar refractivity (Wildman–Crippen MR) is 96.9 cm³/mol. The van der Waals surface area contributed by atoms with E-state index < -0.39 is 5.97 Å². The Bertz CT molecular complexity index is 631. The largest absolute Gasteiger partial charge is 0.489 e. The van der Waals surface area contributed by atoms with Crippen LogP contribution in [0.25, 0.3) is 0 Å². The minimum Gasteiger partial charge on any atom is -0.489 e. The third-order valence-electron chi connectivity index (χ3n) is 4.51. The number of hydrogen-bond donors (Lipinski definition) is 0. The van der Waals surface area contributed by atoms with Crippen LogP contribution >= 0.6 is 0 Å². The molecule has 0 N–H and O–H groups in total. The van der Waals surface area contributed by atoms with Crippen LogP contribution in [0.2, 0.25) is 0 Å². The van der Waals surface area contributed by atoms with Crippen LogP contribution in [0, 0.1) is 0 Å². The van der Waals surface area contributed by atoms with Crippen LogP contribution in [0.3, 0.4) is 0 Å². The van der Waals surface area contributed by atoms with Crippen molar-refractivity contribution in [2.24, 2.45) is 0 Å².